The molecule has 1 aliphatic heterocycles. The van der Waals surface area contributed by atoms with Gasteiger partial charge in [-0.25, -0.2) is 0 Å². The number of rotatable bonds is 2. The minimum Gasteiger partial charge on any atom is -0.326 e. The van der Waals surface area contributed by atoms with Crippen LogP contribution in [0.3, 0.4) is 0 Å². The second-order valence-corrected chi connectivity index (χ2v) is 2.57. The van der Waals surface area contributed by atoms with Gasteiger partial charge >= 0.3 is 0 Å². The molecule has 3 unspecified atom stereocenters. The first kappa shape index (κ1) is 6.05. The largest absolute Gasteiger partial charge is 0.326 e. The van der Waals surface area contributed by atoms with Crippen molar-refractivity contribution >= 4 is 0 Å². The monoisotopic (exact) mass is 114 g/mol. The van der Waals surface area contributed by atoms with E-state index in [2.05, 4.69) is 12.2 Å². The van der Waals surface area contributed by atoms with E-state index in [-0.39, 0.29) is 0 Å². The Morgan fingerprint density at radius 1 is 1.75 bits per heavy atom. The molecule has 1 fully saturated rings. The Morgan fingerprint density at radius 2 is 2.38 bits per heavy atom. The molecule has 0 aromatic rings. The Hall–Kier alpha value is -0.0800. The van der Waals surface area contributed by atoms with Gasteiger partial charge in [0.15, 0.2) is 0 Å². The first-order valence-electron chi connectivity index (χ1n) is 3.27. The second kappa shape index (κ2) is 2.03. The van der Waals surface area contributed by atoms with Crippen LogP contribution in [0.15, 0.2) is 0 Å². The minimum atomic E-state index is 0.333. The van der Waals surface area contributed by atoms with Gasteiger partial charge in [-0.3, -0.25) is 0 Å². The fraction of sp³-hybridized carbons (Fsp3) is 1.00. The lowest BCUT2D eigenvalue weighted by atomic mass is 10.2. The molecule has 0 amide bonds. The molecule has 0 aliphatic carbocycles. The fourth-order valence-corrected chi connectivity index (χ4v) is 1.08. The van der Waals surface area contributed by atoms with Gasteiger partial charge in [-0.05, 0) is 13.3 Å². The van der Waals surface area contributed by atoms with E-state index in [1.165, 1.54) is 6.42 Å². The maximum absolute atomic E-state index is 5.60. The Labute approximate surface area is 50.4 Å². The lowest BCUT2D eigenvalue weighted by Gasteiger charge is -1.97. The van der Waals surface area contributed by atoms with E-state index in [1.54, 1.807) is 0 Å². The zero-order chi connectivity index (χ0) is 6.15. The molecule has 3 N–H and O–H groups in total. The van der Waals surface area contributed by atoms with Crippen molar-refractivity contribution in [1.29, 1.82) is 0 Å². The average molecular weight is 114 g/mol. The van der Waals surface area contributed by atoms with Crippen LogP contribution >= 0.6 is 0 Å². The summed E-state index contributed by atoms with van der Waals surface area (Å²) in [6, 6.07) is 1.66. The van der Waals surface area contributed by atoms with Crippen molar-refractivity contribution < 1.29 is 0 Å². The molecule has 48 valence electrons. The average Bonchev–Trinajstić information content (AvgIpc) is 2.42. The summed E-state index contributed by atoms with van der Waals surface area (Å²) in [5.74, 6) is 0. The molecule has 0 bridgehead atoms. The summed E-state index contributed by atoms with van der Waals surface area (Å²) < 4.78 is 0. The smallest absolute Gasteiger partial charge is 0.0373 e. The van der Waals surface area contributed by atoms with Crippen LogP contribution in [-0.4, -0.2) is 18.1 Å². The topological polar surface area (TPSA) is 48.0 Å². The van der Waals surface area contributed by atoms with Crippen LogP contribution in [0.1, 0.15) is 20.3 Å². The highest BCUT2D eigenvalue weighted by Crippen LogP contribution is 2.15. The molecule has 0 aromatic carbocycles. The second-order valence-electron chi connectivity index (χ2n) is 2.57. The van der Waals surface area contributed by atoms with Gasteiger partial charge in [-0.15, -0.1) is 0 Å². The van der Waals surface area contributed by atoms with Gasteiger partial charge in [-0.2, -0.15) is 0 Å². The normalized spacial score (nSPS) is 39.4. The van der Waals surface area contributed by atoms with Crippen LogP contribution in [-0.2, 0) is 0 Å². The van der Waals surface area contributed by atoms with E-state index in [1.807, 2.05) is 6.92 Å². The van der Waals surface area contributed by atoms with Crippen molar-refractivity contribution in [3.8, 4) is 0 Å². The van der Waals surface area contributed by atoms with E-state index in [9.17, 15) is 0 Å². The third-order valence-corrected chi connectivity index (χ3v) is 1.74. The molecule has 1 heterocycles. The number of nitrogens with two attached hydrogens (primary N) is 1. The van der Waals surface area contributed by atoms with Crippen molar-refractivity contribution in [2.75, 3.05) is 0 Å². The van der Waals surface area contributed by atoms with Gasteiger partial charge in [0.25, 0.3) is 0 Å². The number of hydrogen-bond acceptors (Lipinski definition) is 2. The van der Waals surface area contributed by atoms with Gasteiger partial charge in [0, 0.05) is 18.1 Å². The summed E-state index contributed by atoms with van der Waals surface area (Å²) in [6.07, 6.45) is 1.21. The number of hydrogen-bond donors (Lipinski definition) is 2. The standard InChI is InChI=1S/C6H14N2/c1-3-5-6(8-5)4(2)7/h4-6,8H,3,7H2,1-2H3. The maximum Gasteiger partial charge on any atom is 0.0373 e. The van der Waals surface area contributed by atoms with Crippen molar-refractivity contribution in [3.05, 3.63) is 0 Å². The predicted octanol–water partition coefficient (Wildman–Crippen LogP) is 0.0840. The SMILES string of the molecule is CCC1NC1C(C)N. The lowest BCUT2D eigenvalue weighted by Crippen LogP contribution is -2.24. The van der Waals surface area contributed by atoms with Crippen LogP contribution in [0, 0.1) is 0 Å². The third kappa shape index (κ3) is 1.01. The zero-order valence-electron chi connectivity index (χ0n) is 5.52. The van der Waals surface area contributed by atoms with Crippen LogP contribution in [0.4, 0.5) is 0 Å². The van der Waals surface area contributed by atoms with Crippen molar-refractivity contribution in [1.82, 2.24) is 5.32 Å². The van der Waals surface area contributed by atoms with Gasteiger partial charge in [0.1, 0.15) is 0 Å². The lowest BCUT2D eigenvalue weighted by molar-refractivity contribution is 0.693. The third-order valence-electron chi connectivity index (χ3n) is 1.74. The maximum atomic E-state index is 5.60. The summed E-state index contributed by atoms with van der Waals surface area (Å²) in [7, 11) is 0. The molecule has 0 saturated carbocycles. The van der Waals surface area contributed by atoms with E-state index in [4.69, 9.17) is 5.73 Å². The first-order valence-corrected chi connectivity index (χ1v) is 3.27. The van der Waals surface area contributed by atoms with Crippen molar-refractivity contribution in [3.63, 3.8) is 0 Å². The molecule has 1 saturated heterocycles. The summed E-state index contributed by atoms with van der Waals surface area (Å²) >= 11 is 0. The quantitative estimate of drug-likeness (QED) is 0.500. The Morgan fingerprint density at radius 3 is 2.50 bits per heavy atom. The van der Waals surface area contributed by atoms with Crippen LogP contribution in [0.2, 0.25) is 0 Å². The molecule has 1 rings (SSSR count). The Bertz CT molecular complexity index is 80.6. The van der Waals surface area contributed by atoms with Gasteiger partial charge in [-0.1, -0.05) is 6.92 Å². The molecule has 0 spiro atoms. The highest BCUT2D eigenvalue weighted by molar-refractivity contribution is 5.01. The summed E-state index contributed by atoms with van der Waals surface area (Å²) in [6.45, 7) is 4.23. The molecule has 0 radical (unpaired) electrons. The van der Waals surface area contributed by atoms with Gasteiger partial charge in [0.05, 0.1) is 0 Å². The van der Waals surface area contributed by atoms with Crippen LogP contribution < -0.4 is 11.1 Å². The van der Waals surface area contributed by atoms with Crippen molar-refractivity contribution in [2.45, 2.75) is 38.4 Å². The molecular formula is C6H14N2. The molecule has 0 aromatic heterocycles. The molecule has 1 aliphatic rings. The van der Waals surface area contributed by atoms with Gasteiger partial charge in [0.2, 0.25) is 0 Å². The minimum absolute atomic E-state index is 0.333. The van der Waals surface area contributed by atoms with Crippen molar-refractivity contribution in [2.24, 2.45) is 5.73 Å². The first-order chi connectivity index (χ1) is 3.75. The number of nitrogens with one attached hydrogen (secondary N) is 1. The van der Waals surface area contributed by atoms with Crippen LogP contribution in [0.5, 0.6) is 0 Å². The van der Waals surface area contributed by atoms with E-state index < -0.39 is 0 Å². The highest BCUT2D eigenvalue weighted by atomic mass is 15.2. The summed E-state index contributed by atoms with van der Waals surface area (Å²) in [4.78, 5) is 0. The van der Waals surface area contributed by atoms with E-state index in [0.717, 1.165) is 6.04 Å². The van der Waals surface area contributed by atoms with E-state index >= 15 is 0 Å². The van der Waals surface area contributed by atoms with Gasteiger partial charge < -0.3 is 11.1 Å². The highest BCUT2D eigenvalue weighted by Gasteiger charge is 2.36. The predicted molar refractivity (Wildman–Crippen MR) is 34.7 cm³/mol. The summed E-state index contributed by atoms with van der Waals surface area (Å²) in [5.41, 5.74) is 5.60. The molecular weight excluding hydrogens is 100 g/mol. The molecule has 3 atom stereocenters. The zero-order valence-corrected chi connectivity index (χ0v) is 5.52. The Kier molecular flexibility index (Phi) is 1.54. The van der Waals surface area contributed by atoms with E-state index in [0.29, 0.717) is 12.1 Å². The fourth-order valence-electron chi connectivity index (χ4n) is 1.08. The molecule has 2 nitrogen and oxygen atoms in total. The molecule has 2 heteroatoms. The molecule has 8 heavy (non-hydrogen) atoms. The summed E-state index contributed by atoms with van der Waals surface area (Å²) in [5, 5.41) is 3.29. The van der Waals surface area contributed by atoms with Crippen LogP contribution in [0.25, 0.3) is 0 Å². The Balaban J connectivity index is 2.16.